The molecule has 0 saturated carbocycles. The Labute approximate surface area is 97.6 Å². The Morgan fingerprint density at radius 2 is 1.69 bits per heavy atom. The quantitative estimate of drug-likeness (QED) is 0.723. The summed E-state index contributed by atoms with van der Waals surface area (Å²) in [5, 5.41) is 0. The number of carbonyl (C=O) groups is 2. The van der Waals surface area contributed by atoms with Crippen molar-refractivity contribution in [3.63, 3.8) is 0 Å². The van der Waals surface area contributed by atoms with E-state index < -0.39 is 0 Å². The summed E-state index contributed by atoms with van der Waals surface area (Å²) >= 11 is 0. The first-order valence-corrected chi connectivity index (χ1v) is 6.14. The number of rotatable bonds is 3. The predicted molar refractivity (Wildman–Crippen MR) is 62.9 cm³/mol. The van der Waals surface area contributed by atoms with E-state index in [-0.39, 0.29) is 17.7 Å². The number of carbonyl (C=O) groups excluding carboxylic acids is 2. The Morgan fingerprint density at radius 3 is 2.06 bits per heavy atom. The lowest BCUT2D eigenvalue weighted by molar-refractivity contribution is -0.139. The minimum absolute atomic E-state index is 0.119. The Hall–Kier alpha value is -1.06. The van der Waals surface area contributed by atoms with Gasteiger partial charge in [-0.25, -0.2) is 0 Å². The molecular formula is C12H22N2O2. The number of amides is 2. The van der Waals surface area contributed by atoms with Crippen molar-refractivity contribution >= 4 is 11.8 Å². The van der Waals surface area contributed by atoms with Gasteiger partial charge in [0.25, 0.3) is 0 Å². The van der Waals surface area contributed by atoms with E-state index in [2.05, 4.69) is 0 Å². The molecule has 1 aliphatic heterocycles. The molecule has 1 saturated heterocycles. The van der Waals surface area contributed by atoms with Gasteiger partial charge in [-0.15, -0.1) is 0 Å². The maximum absolute atomic E-state index is 12.1. The van der Waals surface area contributed by atoms with Crippen molar-refractivity contribution in [3.05, 3.63) is 0 Å². The maximum atomic E-state index is 12.1. The third kappa shape index (κ3) is 2.97. The zero-order valence-corrected chi connectivity index (χ0v) is 10.5. The van der Waals surface area contributed by atoms with Crippen molar-refractivity contribution in [2.24, 2.45) is 5.92 Å². The van der Waals surface area contributed by atoms with Crippen LogP contribution in [-0.4, -0.2) is 47.8 Å². The molecule has 16 heavy (non-hydrogen) atoms. The van der Waals surface area contributed by atoms with E-state index in [1.807, 2.05) is 23.6 Å². The van der Waals surface area contributed by atoms with Gasteiger partial charge >= 0.3 is 0 Å². The normalized spacial score (nSPS) is 17.3. The van der Waals surface area contributed by atoms with Crippen LogP contribution in [0.2, 0.25) is 0 Å². The highest BCUT2D eigenvalue weighted by Crippen LogP contribution is 2.19. The van der Waals surface area contributed by atoms with E-state index in [1.54, 1.807) is 6.92 Å². The number of hydrogen-bond acceptors (Lipinski definition) is 2. The van der Waals surface area contributed by atoms with Crippen molar-refractivity contribution < 1.29 is 9.59 Å². The van der Waals surface area contributed by atoms with Gasteiger partial charge in [0.1, 0.15) is 0 Å². The standard InChI is InChI=1S/C12H22N2O2/c1-4-13(5-2)12(16)11-6-8-14(9-7-11)10(3)15/h11H,4-9H2,1-3H3. The van der Waals surface area contributed by atoms with Crippen LogP contribution in [0.4, 0.5) is 0 Å². The summed E-state index contributed by atoms with van der Waals surface area (Å²) in [5.74, 6) is 0.498. The van der Waals surface area contributed by atoms with Crippen LogP contribution in [0, 0.1) is 5.92 Å². The molecule has 0 unspecified atom stereocenters. The lowest BCUT2D eigenvalue weighted by atomic mass is 9.95. The first-order chi connectivity index (χ1) is 7.60. The van der Waals surface area contributed by atoms with Crippen LogP contribution in [0.1, 0.15) is 33.6 Å². The molecule has 1 fully saturated rings. The lowest BCUT2D eigenvalue weighted by Crippen LogP contribution is -2.43. The summed E-state index contributed by atoms with van der Waals surface area (Å²) in [6, 6.07) is 0. The molecule has 0 atom stereocenters. The van der Waals surface area contributed by atoms with Gasteiger partial charge in [-0.1, -0.05) is 0 Å². The van der Waals surface area contributed by atoms with Crippen molar-refractivity contribution in [3.8, 4) is 0 Å². The van der Waals surface area contributed by atoms with Gasteiger partial charge in [0, 0.05) is 39.0 Å². The molecule has 1 aliphatic rings. The zero-order chi connectivity index (χ0) is 12.1. The highest BCUT2D eigenvalue weighted by atomic mass is 16.2. The fraction of sp³-hybridized carbons (Fsp3) is 0.833. The summed E-state index contributed by atoms with van der Waals surface area (Å²) in [6.45, 7) is 8.62. The Bertz CT molecular complexity index is 254. The van der Waals surface area contributed by atoms with E-state index in [4.69, 9.17) is 0 Å². The number of likely N-dealkylation sites (tertiary alicyclic amines) is 1. The minimum atomic E-state index is 0.119. The Balaban J connectivity index is 2.47. The summed E-state index contributed by atoms with van der Waals surface area (Å²) in [5.41, 5.74) is 0. The molecule has 0 bridgehead atoms. The van der Waals surface area contributed by atoms with Crippen LogP contribution in [0.5, 0.6) is 0 Å². The summed E-state index contributed by atoms with van der Waals surface area (Å²) in [6.07, 6.45) is 1.63. The van der Waals surface area contributed by atoms with Crippen LogP contribution in [0.25, 0.3) is 0 Å². The molecule has 4 nitrogen and oxygen atoms in total. The van der Waals surface area contributed by atoms with Crippen molar-refractivity contribution in [1.29, 1.82) is 0 Å². The fourth-order valence-corrected chi connectivity index (χ4v) is 2.23. The molecule has 0 aromatic heterocycles. The molecule has 0 radical (unpaired) electrons. The predicted octanol–water partition coefficient (Wildman–Crippen LogP) is 1.11. The molecular weight excluding hydrogens is 204 g/mol. The first kappa shape index (κ1) is 13.0. The molecule has 2 amide bonds. The van der Waals surface area contributed by atoms with Gasteiger partial charge in [0.2, 0.25) is 11.8 Å². The van der Waals surface area contributed by atoms with Crippen LogP contribution >= 0.6 is 0 Å². The molecule has 0 aromatic rings. The summed E-state index contributed by atoms with van der Waals surface area (Å²) < 4.78 is 0. The van der Waals surface area contributed by atoms with Crippen molar-refractivity contribution in [1.82, 2.24) is 9.80 Å². The van der Waals surface area contributed by atoms with Gasteiger partial charge in [-0.3, -0.25) is 9.59 Å². The van der Waals surface area contributed by atoms with Crippen molar-refractivity contribution in [2.45, 2.75) is 33.6 Å². The van der Waals surface area contributed by atoms with Gasteiger partial charge in [0.05, 0.1) is 0 Å². The van der Waals surface area contributed by atoms with Gasteiger partial charge in [-0.05, 0) is 26.7 Å². The molecule has 0 spiro atoms. The second-order valence-electron chi connectivity index (χ2n) is 4.29. The molecule has 0 aromatic carbocycles. The van der Waals surface area contributed by atoms with Gasteiger partial charge < -0.3 is 9.80 Å². The number of hydrogen-bond donors (Lipinski definition) is 0. The maximum Gasteiger partial charge on any atom is 0.225 e. The Kier molecular flexibility index (Phi) is 4.77. The molecule has 1 rings (SSSR count). The van der Waals surface area contributed by atoms with Gasteiger partial charge in [0.15, 0.2) is 0 Å². The monoisotopic (exact) mass is 226 g/mol. The first-order valence-electron chi connectivity index (χ1n) is 6.14. The van der Waals surface area contributed by atoms with Crippen LogP contribution in [-0.2, 0) is 9.59 Å². The van der Waals surface area contributed by atoms with E-state index in [1.165, 1.54) is 0 Å². The van der Waals surface area contributed by atoms with Crippen LogP contribution in [0.15, 0.2) is 0 Å². The number of piperidine rings is 1. The van der Waals surface area contributed by atoms with E-state index in [0.29, 0.717) is 0 Å². The second-order valence-corrected chi connectivity index (χ2v) is 4.29. The topological polar surface area (TPSA) is 40.6 Å². The third-order valence-electron chi connectivity index (χ3n) is 3.36. The highest BCUT2D eigenvalue weighted by molar-refractivity contribution is 5.79. The summed E-state index contributed by atoms with van der Waals surface area (Å²) in [4.78, 5) is 26.9. The number of nitrogens with zero attached hydrogens (tertiary/aromatic N) is 2. The van der Waals surface area contributed by atoms with Crippen molar-refractivity contribution in [2.75, 3.05) is 26.2 Å². The lowest BCUT2D eigenvalue weighted by Gasteiger charge is -2.33. The van der Waals surface area contributed by atoms with Crippen LogP contribution < -0.4 is 0 Å². The second kappa shape index (κ2) is 5.87. The molecule has 0 aliphatic carbocycles. The third-order valence-corrected chi connectivity index (χ3v) is 3.36. The van der Waals surface area contributed by atoms with Gasteiger partial charge in [-0.2, -0.15) is 0 Å². The largest absolute Gasteiger partial charge is 0.343 e. The average Bonchev–Trinajstić information content (AvgIpc) is 2.30. The van der Waals surface area contributed by atoms with E-state index in [9.17, 15) is 9.59 Å². The Morgan fingerprint density at radius 1 is 1.19 bits per heavy atom. The highest BCUT2D eigenvalue weighted by Gasteiger charge is 2.28. The molecule has 4 heteroatoms. The average molecular weight is 226 g/mol. The van der Waals surface area contributed by atoms with E-state index >= 15 is 0 Å². The van der Waals surface area contributed by atoms with E-state index in [0.717, 1.165) is 39.0 Å². The molecule has 0 N–H and O–H groups in total. The van der Waals surface area contributed by atoms with Crippen LogP contribution in [0.3, 0.4) is 0 Å². The smallest absolute Gasteiger partial charge is 0.225 e. The zero-order valence-electron chi connectivity index (χ0n) is 10.5. The SMILES string of the molecule is CCN(CC)C(=O)C1CCN(C(C)=O)CC1. The fourth-order valence-electron chi connectivity index (χ4n) is 2.23. The molecule has 92 valence electrons. The minimum Gasteiger partial charge on any atom is -0.343 e. The molecule has 1 heterocycles. The summed E-state index contributed by atoms with van der Waals surface area (Å²) in [7, 11) is 0.